The molecule has 1 aromatic rings. The van der Waals surface area contributed by atoms with Crippen LogP contribution < -0.4 is 0 Å². The molecule has 1 aromatic heterocycles. The van der Waals surface area contributed by atoms with Crippen LogP contribution in [0.4, 0.5) is 0 Å². The number of rotatable bonds is 4. The quantitative estimate of drug-likeness (QED) is 0.608. The van der Waals surface area contributed by atoms with E-state index in [0.717, 1.165) is 3.79 Å². The third-order valence-corrected chi connectivity index (χ3v) is 4.81. The number of amides is 2. The van der Waals surface area contributed by atoms with Gasteiger partial charge in [0.1, 0.15) is 0 Å². The molecule has 0 aliphatic carbocycles. The number of hydrogen-bond donors (Lipinski definition) is 0. The lowest BCUT2D eigenvalue weighted by molar-refractivity contribution is -0.156. The van der Waals surface area contributed by atoms with Crippen LogP contribution in [-0.4, -0.2) is 53.1 Å². The van der Waals surface area contributed by atoms with E-state index in [2.05, 4.69) is 15.9 Å². The molecule has 0 N–H and O–H groups in total. The van der Waals surface area contributed by atoms with Crippen molar-refractivity contribution in [3.05, 3.63) is 20.8 Å². The zero-order valence-corrected chi connectivity index (χ0v) is 13.7. The summed E-state index contributed by atoms with van der Waals surface area (Å²) >= 11 is 4.62. The second-order valence-corrected chi connectivity index (χ2v) is 7.31. The Labute approximate surface area is 129 Å². The fourth-order valence-electron chi connectivity index (χ4n) is 2.05. The fourth-order valence-corrected chi connectivity index (χ4v) is 3.36. The highest BCUT2D eigenvalue weighted by molar-refractivity contribution is 9.11. The minimum atomic E-state index is -0.589. The van der Waals surface area contributed by atoms with Gasteiger partial charge in [-0.05, 0) is 41.9 Å². The molecule has 0 unspecified atom stereocenters. The van der Waals surface area contributed by atoms with Crippen LogP contribution in [0.25, 0.3) is 0 Å². The predicted molar refractivity (Wildman–Crippen MR) is 79.8 cm³/mol. The first kappa shape index (κ1) is 15.2. The van der Waals surface area contributed by atoms with Crippen LogP contribution in [0, 0.1) is 0 Å². The molecule has 108 valence electrons. The summed E-state index contributed by atoms with van der Waals surface area (Å²) in [6.07, 6.45) is 0. The summed E-state index contributed by atoms with van der Waals surface area (Å²) in [5.41, 5.74) is 0. The predicted octanol–water partition coefficient (Wildman–Crippen LogP) is 1.77. The molecule has 2 heterocycles. The Bertz CT molecular complexity index is 556. The lowest BCUT2D eigenvalue weighted by Crippen LogP contribution is -2.57. The van der Waals surface area contributed by atoms with Crippen molar-refractivity contribution in [2.75, 3.05) is 19.6 Å². The standard InChI is InChI=1S/C13H15BrN2O3S/c1-8(2)16-6-5-15(12(18)13(16)19)7-9(17)10-3-4-11(14)20-10/h3-4,8H,5-7H2,1-2H3. The molecule has 1 aliphatic rings. The Morgan fingerprint density at radius 3 is 2.55 bits per heavy atom. The topological polar surface area (TPSA) is 57.7 Å². The first-order valence-corrected chi connectivity index (χ1v) is 7.89. The van der Waals surface area contributed by atoms with Crippen LogP contribution in [0.3, 0.4) is 0 Å². The summed E-state index contributed by atoms with van der Waals surface area (Å²) in [7, 11) is 0. The van der Waals surface area contributed by atoms with Crippen LogP contribution in [0.5, 0.6) is 0 Å². The van der Waals surface area contributed by atoms with Crippen molar-refractivity contribution in [2.24, 2.45) is 0 Å². The van der Waals surface area contributed by atoms with Crippen molar-refractivity contribution in [1.29, 1.82) is 0 Å². The number of piperazine rings is 1. The summed E-state index contributed by atoms with van der Waals surface area (Å²) in [6, 6.07) is 3.51. The van der Waals surface area contributed by atoms with Crippen molar-refractivity contribution in [3.63, 3.8) is 0 Å². The van der Waals surface area contributed by atoms with E-state index in [4.69, 9.17) is 0 Å². The molecule has 0 saturated carbocycles. The van der Waals surface area contributed by atoms with Gasteiger partial charge in [-0.15, -0.1) is 11.3 Å². The molecule has 7 heteroatoms. The smallest absolute Gasteiger partial charge is 0.312 e. The number of ketones is 1. The van der Waals surface area contributed by atoms with E-state index >= 15 is 0 Å². The second kappa shape index (κ2) is 6.05. The van der Waals surface area contributed by atoms with E-state index < -0.39 is 11.8 Å². The number of Topliss-reactive ketones (excluding diaryl/α,β-unsaturated/α-hetero) is 1. The van der Waals surface area contributed by atoms with Crippen LogP contribution in [0.2, 0.25) is 0 Å². The third kappa shape index (κ3) is 3.09. The van der Waals surface area contributed by atoms with Gasteiger partial charge in [-0.3, -0.25) is 14.4 Å². The minimum Gasteiger partial charge on any atom is -0.330 e. The van der Waals surface area contributed by atoms with Gasteiger partial charge in [-0.25, -0.2) is 0 Å². The van der Waals surface area contributed by atoms with Gasteiger partial charge in [-0.2, -0.15) is 0 Å². The van der Waals surface area contributed by atoms with E-state index in [-0.39, 0.29) is 18.4 Å². The fraction of sp³-hybridized carbons (Fsp3) is 0.462. The lowest BCUT2D eigenvalue weighted by atomic mass is 10.2. The highest BCUT2D eigenvalue weighted by atomic mass is 79.9. The Balaban J connectivity index is 2.03. The number of halogens is 1. The molecule has 1 fully saturated rings. The molecule has 2 amide bonds. The van der Waals surface area contributed by atoms with Gasteiger partial charge in [-0.1, -0.05) is 0 Å². The summed E-state index contributed by atoms with van der Waals surface area (Å²) < 4.78 is 0.868. The Morgan fingerprint density at radius 2 is 2.00 bits per heavy atom. The maximum atomic E-state index is 12.1. The molecular weight excluding hydrogens is 344 g/mol. The number of nitrogens with zero attached hydrogens (tertiary/aromatic N) is 2. The average molecular weight is 359 g/mol. The molecule has 2 rings (SSSR count). The first-order valence-electron chi connectivity index (χ1n) is 6.28. The summed E-state index contributed by atoms with van der Waals surface area (Å²) in [5, 5.41) is 0. The van der Waals surface area contributed by atoms with Gasteiger partial charge in [0.25, 0.3) is 0 Å². The molecule has 1 saturated heterocycles. The van der Waals surface area contributed by atoms with Gasteiger partial charge in [0.15, 0.2) is 5.78 Å². The van der Waals surface area contributed by atoms with E-state index in [1.54, 1.807) is 12.1 Å². The van der Waals surface area contributed by atoms with Crippen LogP contribution in [0.1, 0.15) is 23.5 Å². The summed E-state index contributed by atoms with van der Waals surface area (Å²) in [6.45, 7) is 4.58. The second-order valence-electron chi connectivity index (χ2n) is 4.85. The lowest BCUT2D eigenvalue weighted by Gasteiger charge is -2.35. The zero-order valence-electron chi connectivity index (χ0n) is 11.3. The SMILES string of the molecule is CC(C)N1CCN(CC(=O)c2ccc(Br)s2)C(=O)C1=O. The van der Waals surface area contributed by atoms with Crippen LogP contribution in [-0.2, 0) is 9.59 Å². The van der Waals surface area contributed by atoms with Gasteiger partial charge < -0.3 is 9.80 Å². The van der Waals surface area contributed by atoms with Crippen molar-refractivity contribution in [2.45, 2.75) is 19.9 Å². The van der Waals surface area contributed by atoms with Crippen molar-refractivity contribution >= 4 is 44.9 Å². The maximum Gasteiger partial charge on any atom is 0.312 e. The highest BCUT2D eigenvalue weighted by Gasteiger charge is 2.34. The van der Waals surface area contributed by atoms with E-state index in [1.807, 2.05) is 13.8 Å². The third-order valence-electron chi connectivity index (χ3n) is 3.15. The van der Waals surface area contributed by atoms with Crippen molar-refractivity contribution in [1.82, 2.24) is 9.80 Å². The molecule has 0 spiro atoms. The van der Waals surface area contributed by atoms with Crippen LogP contribution in [0.15, 0.2) is 15.9 Å². The molecule has 5 nitrogen and oxygen atoms in total. The van der Waals surface area contributed by atoms with E-state index in [1.165, 1.54) is 21.1 Å². The molecule has 1 aliphatic heterocycles. The van der Waals surface area contributed by atoms with Crippen molar-refractivity contribution < 1.29 is 14.4 Å². The first-order chi connectivity index (χ1) is 9.40. The maximum absolute atomic E-state index is 12.1. The van der Waals surface area contributed by atoms with Crippen LogP contribution >= 0.6 is 27.3 Å². The van der Waals surface area contributed by atoms with Gasteiger partial charge in [0.05, 0.1) is 15.2 Å². The Kier molecular flexibility index (Phi) is 4.59. The largest absolute Gasteiger partial charge is 0.330 e. The van der Waals surface area contributed by atoms with Gasteiger partial charge in [0.2, 0.25) is 0 Å². The average Bonchev–Trinajstić information content (AvgIpc) is 2.81. The van der Waals surface area contributed by atoms with E-state index in [9.17, 15) is 14.4 Å². The monoisotopic (exact) mass is 358 g/mol. The van der Waals surface area contributed by atoms with Gasteiger partial charge >= 0.3 is 11.8 Å². The van der Waals surface area contributed by atoms with Crippen molar-refractivity contribution in [3.8, 4) is 0 Å². The zero-order chi connectivity index (χ0) is 14.9. The number of carbonyl (C=O) groups is 3. The van der Waals surface area contributed by atoms with E-state index in [0.29, 0.717) is 18.0 Å². The molecule has 0 aromatic carbocycles. The number of carbonyl (C=O) groups excluding carboxylic acids is 3. The number of thiophene rings is 1. The molecular formula is C13H15BrN2O3S. The number of hydrogen-bond acceptors (Lipinski definition) is 4. The van der Waals surface area contributed by atoms with Gasteiger partial charge in [0, 0.05) is 19.1 Å². The highest BCUT2D eigenvalue weighted by Crippen LogP contribution is 2.23. The Morgan fingerprint density at radius 1 is 1.30 bits per heavy atom. The molecule has 0 bridgehead atoms. The summed E-state index contributed by atoms with van der Waals surface area (Å²) in [5.74, 6) is -1.25. The molecule has 0 atom stereocenters. The summed E-state index contributed by atoms with van der Waals surface area (Å²) in [4.78, 5) is 39.4. The normalized spacial score (nSPS) is 16.2. The molecule has 0 radical (unpaired) electrons. The Hall–Kier alpha value is -1.21. The minimum absolute atomic E-state index is 0.00227. The molecule has 20 heavy (non-hydrogen) atoms.